The molecule has 0 spiro atoms. The van der Waals surface area contributed by atoms with Crippen LogP contribution in [0, 0.1) is 0 Å². The molecule has 3 amide bonds. The predicted molar refractivity (Wildman–Crippen MR) is 123 cm³/mol. The summed E-state index contributed by atoms with van der Waals surface area (Å²) in [5.74, 6) is -0.913. The van der Waals surface area contributed by atoms with Gasteiger partial charge in [-0.05, 0) is 48.7 Å². The van der Waals surface area contributed by atoms with Crippen molar-refractivity contribution in [2.24, 2.45) is 0 Å². The standard InChI is InChI=1S/C24H23N3O5S/c1-25-33(31,32)18-12-10-16(11-13-18)15-26-21(28)9-4-14-27-23(29)19-7-2-5-17-6-3-8-20(22(17)19)24(27)30/h2-3,5-8,10-13,25H,4,9,14-15H2,1H3,(H,26,28). The smallest absolute Gasteiger partial charge is 0.261 e. The molecular weight excluding hydrogens is 442 g/mol. The first-order valence-corrected chi connectivity index (χ1v) is 12.0. The van der Waals surface area contributed by atoms with Gasteiger partial charge in [0.25, 0.3) is 11.8 Å². The van der Waals surface area contributed by atoms with Crippen molar-refractivity contribution in [1.29, 1.82) is 0 Å². The lowest BCUT2D eigenvalue weighted by molar-refractivity contribution is -0.121. The third-order valence-corrected chi connectivity index (χ3v) is 7.06. The largest absolute Gasteiger partial charge is 0.352 e. The van der Waals surface area contributed by atoms with E-state index < -0.39 is 10.0 Å². The van der Waals surface area contributed by atoms with Gasteiger partial charge in [-0.25, -0.2) is 13.1 Å². The fourth-order valence-electron chi connectivity index (χ4n) is 3.87. The van der Waals surface area contributed by atoms with Gasteiger partial charge in [0.05, 0.1) is 4.90 Å². The highest BCUT2D eigenvalue weighted by Gasteiger charge is 2.32. The van der Waals surface area contributed by atoms with Crippen molar-refractivity contribution in [2.45, 2.75) is 24.3 Å². The Morgan fingerprint density at radius 3 is 2.09 bits per heavy atom. The first-order valence-electron chi connectivity index (χ1n) is 10.5. The van der Waals surface area contributed by atoms with Gasteiger partial charge in [-0.1, -0.05) is 36.4 Å². The Labute approximate surface area is 191 Å². The lowest BCUT2D eigenvalue weighted by Gasteiger charge is -2.27. The van der Waals surface area contributed by atoms with Crippen molar-refractivity contribution in [3.8, 4) is 0 Å². The quantitative estimate of drug-likeness (QED) is 0.496. The zero-order chi connectivity index (χ0) is 23.6. The molecule has 0 bridgehead atoms. The number of amides is 3. The van der Waals surface area contributed by atoms with Crippen LogP contribution >= 0.6 is 0 Å². The van der Waals surface area contributed by atoms with Gasteiger partial charge in [-0.15, -0.1) is 0 Å². The maximum Gasteiger partial charge on any atom is 0.261 e. The van der Waals surface area contributed by atoms with Crippen molar-refractivity contribution in [3.05, 3.63) is 77.4 Å². The molecule has 1 heterocycles. The van der Waals surface area contributed by atoms with Gasteiger partial charge in [0.15, 0.2) is 0 Å². The van der Waals surface area contributed by atoms with Crippen molar-refractivity contribution in [3.63, 3.8) is 0 Å². The van der Waals surface area contributed by atoms with Crippen LogP contribution in [0.3, 0.4) is 0 Å². The summed E-state index contributed by atoms with van der Waals surface area (Å²) in [5.41, 5.74) is 1.75. The Morgan fingerprint density at radius 1 is 0.909 bits per heavy atom. The Kier molecular flexibility index (Phi) is 6.26. The second kappa shape index (κ2) is 9.13. The second-order valence-corrected chi connectivity index (χ2v) is 9.59. The van der Waals surface area contributed by atoms with Crippen LogP contribution in [0.25, 0.3) is 10.8 Å². The number of hydrogen-bond donors (Lipinski definition) is 2. The van der Waals surface area contributed by atoms with Gasteiger partial charge < -0.3 is 5.32 Å². The molecule has 2 N–H and O–H groups in total. The topological polar surface area (TPSA) is 113 Å². The minimum Gasteiger partial charge on any atom is -0.352 e. The fraction of sp³-hybridized carbons (Fsp3) is 0.208. The maximum atomic E-state index is 12.9. The molecule has 1 aliphatic rings. The summed E-state index contributed by atoms with van der Waals surface area (Å²) in [6, 6.07) is 17.0. The van der Waals surface area contributed by atoms with Gasteiger partial charge in [0.2, 0.25) is 15.9 Å². The zero-order valence-corrected chi connectivity index (χ0v) is 18.8. The molecule has 0 atom stereocenters. The van der Waals surface area contributed by atoms with Crippen molar-refractivity contribution in [1.82, 2.24) is 14.9 Å². The lowest BCUT2D eigenvalue weighted by Crippen LogP contribution is -2.41. The number of hydrogen-bond acceptors (Lipinski definition) is 5. The average molecular weight is 466 g/mol. The number of nitrogens with one attached hydrogen (secondary N) is 2. The van der Waals surface area contributed by atoms with Crippen LogP contribution in [0.5, 0.6) is 0 Å². The Morgan fingerprint density at radius 2 is 1.52 bits per heavy atom. The van der Waals surface area contributed by atoms with E-state index in [1.54, 1.807) is 36.4 Å². The lowest BCUT2D eigenvalue weighted by atomic mass is 9.94. The third kappa shape index (κ3) is 4.50. The number of imide groups is 1. The summed E-state index contributed by atoms with van der Waals surface area (Å²) in [7, 11) is -2.17. The monoisotopic (exact) mass is 465 g/mol. The molecule has 3 aromatic rings. The SMILES string of the molecule is CNS(=O)(=O)c1ccc(CNC(=O)CCCN2C(=O)c3cccc4cccc(c34)C2=O)cc1. The molecule has 0 saturated carbocycles. The van der Waals surface area contributed by atoms with E-state index in [1.807, 2.05) is 12.1 Å². The van der Waals surface area contributed by atoms with Crippen LogP contribution in [-0.2, 0) is 21.4 Å². The Bertz CT molecular complexity index is 1300. The molecule has 8 nitrogen and oxygen atoms in total. The van der Waals surface area contributed by atoms with E-state index in [4.69, 9.17) is 0 Å². The molecule has 33 heavy (non-hydrogen) atoms. The molecule has 4 rings (SSSR count). The van der Waals surface area contributed by atoms with Crippen LogP contribution in [0.15, 0.2) is 65.6 Å². The van der Waals surface area contributed by atoms with Crippen LogP contribution in [0.2, 0.25) is 0 Å². The van der Waals surface area contributed by atoms with E-state index in [0.717, 1.165) is 10.9 Å². The first-order chi connectivity index (χ1) is 15.8. The molecule has 0 aliphatic carbocycles. The van der Waals surface area contributed by atoms with E-state index in [2.05, 4.69) is 10.0 Å². The Hall–Kier alpha value is -3.56. The average Bonchev–Trinajstić information content (AvgIpc) is 2.83. The van der Waals surface area contributed by atoms with Gasteiger partial charge in [-0.3, -0.25) is 19.3 Å². The molecule has 0 fully saturated rings. The number of carbonyl (C=O) groups excluding carboxylic acids is 3. The first kappa shape index (κ1) is 22.6. The van der Waals surface area contributed by atoms with Crippen molar-refractivity contribution >= 4 is 38.5 Å². The molecule has 0 aromatic heterocycles. The van der Waals surface area contributed by atoms with Gasteiger partial charge in [-0.2, -0.15) is 0 Å². The van der Waals surface area contributed by atoms with Crippen LogP contribution in [-0.4, -0.2) is 44.6 Å². The molecule has 170 valence electrons. The minimum absolute atomic E-state index is 0.145. The van der Waals surface area contributed by atoms with E-state index in [0.29, 0.717) is 22.9 Å². The number of carbonyl (C=O) groups is 3. The number of benzene rings is 3. The summed E-state index contributed by atoms with van der Waals surface area (Å²) >= 11 is 0. The van der Waals surface area contributed by atoms with E-state index in [-0.39, 0.29) is 42.1 Å². The summed E-state index contributed by atoms with van der Waals surface area (Å²) in [5, 5.41) is 4.30. The minimum atomic E-state index is -3.51. The molecule has 1 aliphatic heterocycles. The highest BCUT2D eigenvalue weighted by Crippen LogP contribution is 2.30. The Balaban J connectivity index is 1.32. The highest BCUT2D eigenvalue weighted by atomic mass is 32.2. The predicted octanol–water partition coefficient (Wildman–Crippen LogP) is 2.44. The van der Waals surface area contributed by atoms with Crippen molar-refractivity contribution in [2.75, 3.05) is 13.6 Å². The number of sulfonamides is 1. The fourth-order valence-corrected chi connectivity index (χ4v) is 4.60. The zero-order valence-electron chi connectivity index (χ0n) is 18.0. The second-order valence-electron chi connectivity index (χ2n) is 7.70. The summed E-state index contributed by atoms with van der Waals surface area (Å²) in [6.45, 7) is 0.391. The highest BCUT2D eigenvalue weighted by molar-refractivity contribution is 7.89. The van der Waals surface area contributed by atoms with Crippen LogP contribution < -0.4 is 10.0 Å². The van der Waals surface area contributed by atoms with Gasteiger partial charge >= 0.3 is 0 Å². The molecule has 0 saturated heterocycles. The summed E-state index contributed by atoms with van der Waals surface area (Å²) < 4.78 is 25.8. The molecule has 3 aromatic carbocycles. The van der Waals surface area contributed by atoms with E-state index in [9.17, 15) is 22.8 Å². The van der Waals surface area contributed by atoms with E-state index in [1.165, 1.54) is 24.1 Å². The van der Waals surface area contributed by atoms with E-state index >= 15 is 0 Å². The normalized spacial score (nSPS) is 13.4. The molecule has 0 unspecified atom stereocenters. The van der Waals surface area contributed by atoms with Crippen LogP contribution in [0.1, 0.15) is 39.1 Å². The maximum absolute atomic E-state index is 12.9. The number of nitrogens with zero attached hydrogens (tertiary/aromatic N) is 1. The summed E-state index contributed by atoms with van der Waals surface area (Å²) in [4.78, 5) is 39.3. The molecular formula is C24H23N3O5S. The summed E-state index contributed by atoms with van der Waals surface area (Å²) in [6.07, 6.45) is 0.482. The van der Waals surface area contributed by atoms with Crippen molar-refractivity contribution < 1.29 is 22.8 Å². The van der Waals surface area contributed by atoms with Crippen LogP contribution in [0.4, 0.5) is 0 Å². The molecule has 9 heteroatoms. The van der Waals surface area contributed by atoms with Gasteiger partial charge in [0, 0.05) is 36.0 Å². The third-order valence-electron chi connectivity index (χ3n) is 5.63. The molecule has 0 radical (unpaired) electrons. The van der Waals surface area contributed by atoms with Gasteiger partial charge in [0.1, 0.15) is 0 Å². The number of rotatable bonds is 8.